The average Bonchev–Trinajstić information content (AvgIpc) is 2.88. The summed E-state index contributed by atoms with van der Waals surface area (Å²) in [4.78, 5) is 23.8. The summed E-state index contributed by atoms with van der Waals surface area (Å²) < 4.78 is 9.53. The molecule has 0 saturated carbocycles. The number of methoxy groups -OCH3 is 2. The van der Waals surface area contributed by atoms with Gasteiger partial charge in [-0.25, -0.2) is 0 Å². The maximum absolute atomic E-state index is 11.9. The lowest BCUT2D eigenvalue weighted by Crippen LogP contribution is -2.33. The van der Waals surface area contributed by atoms with Crippen LogP contribution in [0.1, 0.15) is 22.3 Å². The third-order valence-corrected chi connectivity index (χ3v) is 4.21. The number of esters is 2. The van der Waals surface area contributed by atoms with E-state index in [0.717, 1.165) is 12.8 Å². The monoisotopic (exact) mass is 276 g/mol. The van der Waals surface area contributed by atoms with Crippen molar-refractivity contribution in [2.75, 3.05) is 14.2 Å². The lowest BCUT2D eigenvalue weighted by Gasteiger charge is -2.18. The topological polar surface area (TPSA) is 52.6 Å². The number of hydrogen-bond acceptors (Lipinski definition) is 4. The molecule has 1 aliphatic carbocycles. The van der Waals surface area contributed by atoms with Gasteiger partial charge in [0, 0.05) is 0 Å². The third kappa shape index (κ3) is 2.42. The van der Waals surface area contributed by atoms with E-state index in [1.165, 1.54) is 36.5 Å². The van der Waals surface area contributed by atoms with Gasteiger partial charge in [-0.05, 0) is 54.9 Å². The SMILES string of the molecule is COC(=O)C(C(=O)OC)C1Cc2c(C)ccc(C)c2C1. The van der Waals surface area contributed by atoms with E-state index >= 15 is 0 Å². The van der Waals surface area contributed by atoms with Crippen LogP contribution in [0.2, 0.25) is 0 Å². The normalized spacial score (nSPS) is 14.2. The molecule has 0 unspecified atom stereocenters. The van der Waals surface area contributed by atoms with Gasteiger partial charge in [0.1, 0.15) is 0 Å². The van der Waals surface area contributed by atoms with Crippen LogP contribution in [-0.2, 0) is 31.9 Å². The van der Waals surface area contributed by atoms with E-state index < -0.39 is 17.9 Å². The maximum atomic E-state index is 11.9. The van der Waals surface area contributed by atoms with Crippen LogP contribution < -0.4 is 0 Å². The van der Waals surface area contributed by atoms with Crippen LogP contribution in [0, 0.1) is 25.7 Å². The molecule has 1 aromatic carbocycles. The highest BCUT2D eigenvalue weighted by Gasteiger charge is 2.40. The van der Waals surface area contributed by atoms with Crippen LogP contribution in [-0.4, -0.2) is 26.2 Å². The van der Waals surface area contributed by atoms with Gasteiger partial charge in [-0.3, -0.25) is 9.59 Å². The zero-order valence-corrected chi connectivity index (χ0v) is 12.4. The molecule has 1 aromatic rings. The third-order valence-electron chi connectivity index (χ3n) is 4.21. The number of benzene rings is 1. The minimum Gasteiger partial charge on any atom is -0.468 e. The summed E-state index contributed by atoms with van der Waals surface area (Å²) in [6.45, 7) is 4.12. The Kier molecular flexibility index (Phi) is 4.12. The van der Waals surface area contributed by atoms with Gasteiger partial charge in [0.2, 0.25) is 0 Å². The summed E-state index contributed by atoms with van der Waals surface area (Å²) in [7, 11) is 2.60. The van der Waals surface area contributed by atoms with E-state index in [-0.39, 0.29) is 5.92 Å². The van der Waals surface area contributed by atoms with Gasteiger partial charge in [-0.1, -0.05) is 12.1 Å². The number of carbonyl (C=O) groups excluding carboxylic acids is 2. The Balaban J connectivity index is 2.32. The quantitative estimate of drug-likeness (QED) is 0.626. The van der Waals surface area contributed by atoms with Crippen molar-refractivity contribution in [3.8, 4) is 0 Å². The summed E-state index contributed by atoms with van der Waals surface area (Å²) in [5.41, 5.74) is 4.93. The Labute approximate surface area is 119 Å². The first kappa shape index (κ1) is 14.6. The molecular weight excluding hydrogens is 256 g/mol. The van der Waals surface area contributed by atoms with Crippen LogP contribution in [0.3, 0.4) is 0 Å². The second-order valence-corrected chi connectivity index (χ2v) is 5.35. The lowest BCUT2D eigenvalue weighted by atomic mass is 9.89. The van der Waals surface area contributed by atoms with Gasteiger partial charge in [0.15, 0.2) is 5.92 Å². The van der Waals surface area contributed by atoms with Gasteiger partial charge >= 0.3 is 11.9 Å². The zero-order chi connectivity index (χ0) is 14.9. The molecule has 0 atom stereocenters. The fraction of sp³-hybridized carbons (Fsp3) is 0.500. The van der Waals surface area contributed by atoms with Crippen molar-refractivity contribution >= 4 is 11.9 Å². The first-order chi connectivity index (χ1) is 9.49. The molecule has 0 saturated heterocycles. The molecule has 0 aromatic heterocycles. The molecule has 0 spiro atoms. The standard InChI is InChI=1S/C16H20O4/c1-9-5-6-10(2)13-8-11(7-12(9)13)14(15(17)19-3)16(18)20-4/h5-6,11,14H,7-8H2,1-4H3. The first-order valence-corrected chi connectivity index (χ1v) is 6.73. The van der Waals surface area contributed by atoms with Gasteiger partial charge in [0.25, 0.3) is 0 Å². The molecule has 0 radical (unpaired) electrons. The molecule has 0 heterocycles. The summed E-state index contributed by atoms with van der Waals surface area (Å²) in [5.74, 6) is -1.93. The van der Waals surface area contributed by atoms with Crippen LogP contribution in [0.4, 0.5) is 0 Å². The van der Waals surface area contributed by atoms with Crippen LogP contribution in [0.5, 0.6) is 0 Å². The van der Waals surface area contributed by atoms with E-state index in [1.54, 1.807) is 0 Å². The first-order valence-electron chi connectivity index (χ1n) is 6.73. The Morgan fingerprint density at radius 2 is 1.40 bits per heavy atom. The second kappa shape index (κ2) is 5.65. The highest BCUT2D eigenvalue weighted by molar-refractivity contribution is 5.95. The largest absolute Gasteiger partial charge is 0.468 e. The van der Waals surface area contributed by atoms with Crippen molar-refractivity contribution in [1.29, 1.82) is 0 Å². The number of ether oxygens (including phenoxy) is 2. The Bertz CT molecular complexity index is 501. The zero-order valence-electron chi connectivity index (χ0n) is 12.4. The number of carbonyl (C=O) groups is 2. The number of aryl methyl sites for hydroxylation is 2. The van der Waals surface area contributed by atoms with Crippen LogP contribution in [0.25, 0.3) is 0 Å². The second-order valence-electron chi connectivity index (χ2n) is 5.35. The molecule has 0 N–H and O–H groups in total. The Hall–Kier alpha value is -1.84. The van der Waals surface area contributed by atoms with Crippen LogP contribution >= 0.6 is 0 Å². The van der Waals surface area contributed by atoms with E-state index in [2.05, 4.69) is 26.0 Å². The molecule has 20 heavy (non-hydrogen) atoms. The lowest BCUT2D eigenvalue weighted by molar-refractivity contribution is -0.161. The molecule has 4 nitrogen and oxygen atoms in total. The molecule has 108 valence electrons. The molecular formula is C16H20O4. The summed E-state index contributed by atoms with van der Waals surface area (Å²) in [5, 5.41) is 0. The van der Waals surface area contributed by atoms with Gasteiger partial charge in [-0.2, -0.15) is 0 Å². The molecule has 0 bridgehead atoms. The fourth-order valence-corrected chi connectivity index (χ4v) is 3.06. The molecule has 4 heteroatoms. The fourth-order valence-electron chi connectivity index (χ4n) is 3.06. The molecule has 0 aliphatic heterocycles. The summed E-state index contributed by atoms with van der Waals surface area (Å²) in [6.07, 6.45) is 1.44. The minimum atomic E-state index is -0.837. The van der Waals surface area contributed by atoms with Crippen molar-refractivity contribution in [3.05, 3.63) is 34.4 Å². The maximum Gasteiger partial charge on any atom is 0.320 e. The number of hydrogen-bond donors (Lipinski definition) is 0. The molecule has 1 aliphatic rings. The van der Waals surface area contributed by atoms with E-state index in [0.29, 0.717) is 0 Å². The summed E-state index contributed by atoms with van der Waals surface area (Å²) >= 11 is 0. The predicted molar refractivity (Wildman–Crippen MR) is 74.3 cm³/mol. The van der Waals surface area contributed by atoms with Crippen molar-refractivity contribution < 1.29 is 19.1 Å². The van der Waals surface area contributed by atoms with Crippen LogP contribution in [0.15, 0.2) is 12.1 Å². The summed E-state index contributed by atoms with van der Waals surface area (Å²) in [6, 6.07) is 4.17. The van der Waals surface area contributed by atoms with Gasteiger partial charge in [0.05, 0.1) is 14.2 Å². The highest BCUT2D eigenvalue weighted by Crippen LogP contribution is 2.36. The minimum absolute atomic E-state index is 0.0790. The number of rotatable bonds is 3. The molecule has 0 fully saturated rings. The Morgan fingerprint density at radius 1 is 1.00 bits per heavy atom. The van der Waals surface area contributed by atoms with Gasteiger partial charge < -0.3 is 9.47 Å². The van der Waals surface area contributed by atoms with E-state index in [4.69, 9.17) is 9.47 Å². The average molecular weight is 276 g/mol. The smallest absolute Gasteiger partial charge is 0.320 e. The van der Waals surface area contributed by atoms with Crippen molar-refractivity contribution in [1.82, 2.24) is 0 Å². The van der Waals surface area contributed by atoms with Crippen molar-refractivity contribution in [2.45, 2.75) is 26.7 Å². The van der Waals surface area contributed by atoms with Crippen molar-refractivity contribution in [3.63, 3.8) is 0 Å². The predicted octanol–water partition coefficient (Wildman–Crippen LogP) is 1.98. The van der Waals surface area contributed by atoms with E-state index in [1.807, 2.05) is 0 Å². The molecule has 2 rings (SSSR count). The van der Waals surface area contributed by atoms with E-state index in [9.17, 15) is 9.59 Å². The van der Waals surface area contributed by atoms with Gasteiger partial charge in [-0.15, -0.1) is 0 Å². The molecule has 0 amide bonds. The Morgan fingerprint density at radius 3 is 1.75 bits per heavy atom. The van der Waals surface area contributed by atoms with Crippen molar-refractivity contribution in [2.24, 2.45) is 11.8 Å². The highest BCUT2D eigenvalue weighted by atomic mass is 16.5. The number of fused-ring (bicyclic) bond motifs is 1.